The maximum Gasteiger partial charge on any atom is 0.260 e. The zero-order chi connectivity index (χ0) is 14.1. The lowest BCUT2D eigenvalue weighted by Crippen LogP contribution is -2.38. The van der Waals surface area contributed by atoms with Crippen LogP contribution < -0.4 is 9.64 Å². The number of anilines is 1. The van der Waals surface area contributed by atoms with Gasteiger partial charge in [0.05, 0.1) is 18.3 Å². The van der Waals surface area contributed by atoms with Crippen molar-refractivity contribution in [3.05, 3.63) is 47.7 Å². The minimum Gasteiger partial charge on any atom is -0.474 e. The van der Waals surface area contributed by atoms with Gasteiger partial charge in [0.1, 0.15) is 18.1 Å². The maximum atomic E-state index is 13.2. The number of nitrogens with zero attached hydrogens (tertiary/aromatic N) is 3. The molecule has 0 saturated heterocycles. The van der Waals surface area contributed by atoms with Gasteiger partial charge in [-0.2, -0.15) is 0 Å². The Kier molecular flexibility index (Phi) is 3.06. The number of pyridine rings is 2. The first-order valence-corrected chi connectivity index (χ1v) is 6.18. The molecule has 1 aliphatic rings. The standard InChI is InChI=1S/C14H12FN3O2/c1-9-2-3-12-13(17-9)20-5-4-18(12)14(19)10-6-11(15)8-16-7-10/h2-3,6-8H,4-5H2,1H3. The molecule has 5 nitrogen and oxygen atoms in total. The molecule has 0 unspecified atom stereocenters. The van der Waals surface area contributed by atoms with Crippen LogP contribution in [0, 0.1) is 12.7 Å². The third-order valence-electron chi connectivity index (χ3n) is 3.02. The molecular formula is C14H12FN3O2. The Hall–Kier alpha value is -2.50. The summed E-state index contributed by atoms with van der Waals surface area (Å²) in [5.41, 5.74) is 1.61. The van der Waals surface area contributed by atoms with Gasteiger partial charge in [0.25, 0.3) is 5.91 Å². The molecule has 0 aliphatic carbocycles. The molecule has 6 heteroatoms. The molecule has 1 amide bonds. The average Bonchev–Trinajstić information content (AvgIpc) is 2.45. The second kappa shape index (κ2) is 4.88. The van der Waals surface area contributed by atoms with Gasteiger partial charge in [-0.15, -0.1) is 0 Å². The number of rotatable bonds is 1. The van der Waals surface area contributed by atoms with Gasteiger partial charge in [-0.05, 0) is 25.1 Å². The number of aryl methyl sites for hydroxylation is 1. The van der Waals surface area contributed by atoms with Gasteiger partial charge in [-0.1, -0.05) is 0 Å². The number of carbonyl (C=O) groups excluding carboxylic acids is 1. The van der Waals surface area contributed by atoms with Crippen molar-refractivity contribution in [3.8, 4) is 5.88 Å². The van der Waals surface area contributed by atoms with E-state index in [1.54, 1.807) is 12.1 Å². The maximum absolute atomic E-state index is 13.2. The van der Waals surface area contributed by atoms with Gasteiger partial charge in [-0.3, -0.25) is 9.78 Å². The van der Waals surface area contributed by atoms with Gasteiger partial charge in [0.15, 0.2) is 0 Å². The van der Waals surface area contributed by atoms with E-state index in [0.29, 0.717) is 24.7 Å². The molecule has 2 aromatic rings. The fraction of sp³-hybridized carbons (Fsp3) is 0.214. The first-order valence-electron chi connectivity index (χ1n) is 6.18. The molecule has 0 saturated carbocycles. The van der Waals surface area contributed by atoms with Gasteiger partial charge < -0.3 is 9.64 Å². The molecule has 0 atom stereocenters. The van der Waals surface area contributed by atoms with Gasteiger partial charge in [-0.25, -0.2) is 9.37 Å². The van der Waals surface area contributed by atoms with Crippen LogP contribution in [-0.4, -0.2) is 29.0 Å². The van der Waals surface area contributed by atoms with Crippen LogP contribution in [-0.2, 0) is 0 Å². The zero-order valence-corrected chi connectivity index (χ0v) is 10.8. The van der Waals surface area contributed by atoms with Crippen LogP contribution in [0.25, 0.3) is 0 Å². The number of amides is 1. The fourth-order valence-electron chi connectivity index (χ4n) is 2.09. The molecule has 3 heterocycles. The van der Waals surface area contributed by atoms with E-state index in [4.69, 9.17) is 4.74 Å². The number of halogens is 1. The molecule has 0 aromatic carbocycles. The number of carbonyl (C=O) groups is 1. The summed E-state index contributed by atoms with van der Waals surface area (Å²) in [6, 6.07) is 4.76. The Morgan fingerprint density at radius 3 is 3.05 bits per heavy atom. The highest BCUT2D eigenvalue weighted by atomic mass is 19.1. The molecule has 1 aliphatic heterocycles. The Labute approximate surface area is 115 Å². The Balaban J connectivity index is 1.98. The molecule has 3 rings (SSSR count). The minimum atomic E-state index is -0.536. The topological polar surface area (TPSA) is 55.3 Å². The van der Waals surface area contributed by atoms with E-state index in [0.717, 1.165) is 11.9 Å². The van der Waals surface area contributed by atoms with Crippen molar-refractivity contribution in [2.24, 2.45) is 0 Å². The van der Waals surface area contributed by atoms with Crippen molar-refractivity contribution in [1.29, 1.82) is 0 Å². The summed E-state index contributed by atoms with van der Waals surface area (Å²) in [5.74, 6) is -0.424. The Morgan fingerprint density at radius 2 is 2.25 bits per heavy atom. The largest absolute Gasteiger partial charge is 0.474 e. The second-order valence-corrected chi connectivity index (χ2v) is 4.47. The predicted molar refractivity (Wildman–Crippen MR) is 70.3 cm³/mol. The highest BCUT2D eigenvalue weighted by Crippen LogP contribution is 2.30. The lowest BCUT2D eigenvalue weighted by atomic mass is 10.2. The van der Waals surface area contributed by atoms with Crippen LogP contribution in [0.5, 0.6) is 5.88 Å². The lowest BCUT2D eigenvalue weighted by Gasteiger charge is -2.28. The summed E-state index contributed by atoms with van der Waals surface area (Å²) in [6.45, 7) is 2.60. The van der Waals surface area contributed by atoms with Crippen LogP contribution in [0.2, 0.25) is 0 Å². The van der Waals surface area contributed by atoms with Crippen LogP contribution in [0.15, 0.2) is 30.6 Å². The fourth-order valence-corrected chi connectivity index (χ4v) is 2.09. The summed E-state index contributed by atoms with van der Waals surface area (Å²) in [5, 5.41) is 0. The van der Waals surface area contributed by atoms with E-state index in [-0.39, 0.29) is 11.5 Å². The number of fused-ring (bicyclic) bond motifs is 1. The lowest BCUT2D eigenvalue weighted by molar-refractivity contribution is 0.0974. The molecule has 2 aromatic heterocycles. The number of aromatic nitrogens is 2. The van der Waals surface area contributed by atoms with Crippen molar-refractivity contribution in [1.82, 2.24) is 9.97 Å². The van der Waals surface area contributed by atoms with E-state index in [2.05, 4.69) is 9.97 Å². The minimum absolute atomic E-state index is 0.207. The van der Waals surface area contributed by atoms with Crippen LogP contribution in [0.1, 0.15) is 16.1 Å². The van der Waals surface area contributed by atoms with Crippen molar-refractivity contribution in [2.75, 3.05) is 18.1 Å². The van der Waals surface area contributed by atoms with Crippen LogP contribution >= 0.6 is 0 Å². The smallest absolute Gasteiger partial charge is 0.260 e. The highest BCUT2D eigenvalue weighted by Gasteiger charge is 2.26. The quantitative estimate of drug-likeness (QED) is 0.797. The molecule has 0 spiro atoms. The van der Waals surface area contributed by atoms with E-state index < -0.39 is 5.82 Å². The Morgan fingerprint density at radius 1 is 1.40 bits per heavy atom. The summed E-state index contributed by atoms with van der Waals surface area (Å²) in [4.78, 5) is 21.9. The molecule has 20 heavy (non-hydrogen) atoms. The van der Waals surface area contributed by atoms with E-state index >= 15 is 0 Å². The molecule has 0 radical (unpaired) electrons. The van der Waals surface area contributed by atoms with Crippen LogP contribution in [0.3, 0.4) is 0 Å². The van der Waals surface area contributed by atoms with E-state index in [9.17, 15) is 9.18 Å². The first-order chi connectivity index (χ1) is 9.65. The third-order valence-corrected chi connectivity index (χ3v) is 3.02. The first kappa shape index (κ1) is 12.5. The summed E-state index contributed by atoms with van der Waals surface area (Å²) in [7, 11) is 0. The average molecular weight is 273 g/mol. The van der Waals surface area contributed by atoms with E-state index in [1.807, 2.05) is 6.92 Å². The third kappa shape index (κ3) is 2.20. The molecule has 0 fully saturated rings. The molecule has 0 bridgehead atoms. The summed E-state index contributed by atoms with van der Waals surface area (Å²) < 4.78 is 18.6. The van der Waals surface area contributed by atoms with Gasteiger partial charge in [0, 0.05) is 11.9 Å². The van der Waals surface area contributed by atoms with Crippen molar-refractivity contribution >= 4 is 11.6 Å². The number of hydrogen-bond acceptors (Lipinski definition) is 4. The number of hydrogen-bond donors (Lipinski definition) is 0. The predicted octanol–water partition coefficient (Wildman–Crippen LogP) is 1.96. The van der Waals surface area contributed by atoms with Crippen LogP contribution in [0.4, 0.5) is 10.1 Å². The summed E-state index contributed by atoms with van der Waals surface area (Å²) in [6.07, 6.45) is 2.41. The normalized spacial score (nSPS) is 13.6. The molecule has 0 N–H and O–H groups in total. The number of ether oxygens (including phenoxy) is 1. The second-order valence-electron chi connectivity index (χ2n) is 4.47. The molecular weight excluding hydrogens is 261 g/mol. The molecule has 102 valence electrons. The van der Waals surface area contributed by atoms with Crippen molar-refractivity contribution in [2.45, 2.75) is 6.92 Å². The van der Waals surface area contributed by atoms with E-state index in [1.165, 1.54) is 17.2 Å². The Bertz CT molecular complexity index is 675. The monoisotopic (exact) mass is 273 g/mol. The van der Waals surface area contributed by atoms with Gasteiger partial charge in [0.2, 0.25) is 5.88 Å². The van der Waals surface area contributed by atoms with Crippen molar-refractivity contribution in [3.63, 3.8) is 0 Å². The summed E-state index contributed by atoms with van der Waals surface area (Å²) >= 11 is 0. The highest BCUT2D eigenvalue weighted by molar-refractivity contribution is 6.06. The zero-order valence-electron chi connectivity index (χ0n) is 10.8. The SMILES string of the molecule is Cc1ccc2c(n1)OCCN2C(=O)c1cncc(F)c1. The van der Waals surface area contributed by atoms with Gasteiger partial charge >= 0.3 is 0 Å². The van der Waals surface area contributed by atoms with Crippen molar-refractivity contribution < 1.29 is 13.9 Å².